The molecule has 0 saturated carbocycles. The molecule has 1 atom stereocenters. The van der Waals surface area contributed by atoms with Crippen molar-refractivity contribution < 1.29 is 19.0 Å². The summed E-state index contributed by atoms with van der Waals surface area (Å²) in [4.78, 5) is 13.4. The molecule has 3 heterocycles. The van der Waals surface area contributed by atoms with Crippen LogP contribution in [0.2, 0.25) is 0 Å². The van der Waals surface area contributed by atoms with Crippen LogP contribution in [0.5, 0.6) is 0 Å². The van der Waals surface area contributed by atoms with E-state index >= 15 is 0 Å². The van der Waals surface area contributed by atoms with E-state index in [1.807, 2.05) is 0 Å². The van der Waals surface area contributed by atoms with Gasteiger partial charge in [0.15, 0.2) is 11.6 Å². The average Bonchev–Trinajstić information content (AvgIpc) is 3.40. The monoisotopic (exact) mass is 417 g/mol. The Balaban J connectivity index is 1.56. The Bertz CT molecular complexity index is 1070. The van der Waals surface area contributed by atoms with Gasteiger partial charge in [0.2, 0.25) is 0 Å². The number of aliphatic hydroxyl groups is 1. The second kappa shape index (κ2) is 7.47. The predicted molar refractivity (Wildman–Crippen MR) is 104 cm³/mol. The maximum Gasteiger partial charge on any atom is 0.414 e. The van der Waals surface area contributed by atoms with Gasteiger partial charge >= 0.3 is 6.09 Å². The number of anilines is 1. The summed E-state index contributed by atoms with van der Waals surface area (Å²) in [6, 6.07) is 6.10. The lowest BCUT2D eigenvalue weighted by molar-refractivity contribution is 0.142. The molecule has 1 unspecified atom stereocenters. The number of cyclic esters (lactones) is 1. The number of ether oxygens (including phenoxy) is 1. The van der Waals surface area contributed by atoms with E-state index in [0.717, 1.165) is 0 Å². The summed E-state index contributed by atoms with van der Waals surface area (Å²) in [5, 5.41) is 23.3. The molecule has 1 aliphatic rings. The molecule has 2 N–H and O–H groups in total. The van der Waals surface area contributed by atoms with Gasteiger partial charge < -0.3 is 15.2 Å². The highest BCUT2D eigenvalue weighted by atomic mass is 32.1. The Morgan fingerprint density at radius 3 is 3.00 bits per heavy atom. The van der Waals surface area contributed by atoms with Crippen LogP contribution in [-0.2, 0) is 4.74 Å². The molecule has 0 bridgehead atoms. The minimum atomic E-state index is -0.606. The van der Waals surface area contributed by atoms with E-state index in [1.165, 1.54) is 26.4 Å². The smallest absolute Gasteiger partial charge is 0.414 e. The number of carbonyl (C=O) groups excluding carboxylic acids is 1. The summed E-state index contributed by atoms with van der Waals surface area (Å²) in [7, 11) is 0. The van der Waals surface area contributed by atoms with Crippen LogP contribution in [0, 0.1) is 12.7 Å². The number of carbonyl (C=O) groups is 1. The van der Waals surface area contributed by atoms with Crippen molar-refractivity contribution in [3.63, 3.8) is 0 Å². The molecule has 4 rings (SSSR count). The number of halogens is 1. The summed E-state index contributed by atoms with van der Waals surface area (Å²) >= 11 is 4.52. The molecule has 0 aliphatic carbocycles. The number of amides is 1. The minimum absolute atomic E-state index is 0.159. The molecule has 1 aliphatic heterocycles. The highest BCUT2D eigenvalue weighted by molar-refractivity contribution is 7.79. The van der Waals surface area contributed by atoms with Crippen LogP contribution < -0.4 is 10.2 Å². The number of nitrogens with one attached hydrogen (secondary N) is 1. The molecule has 0 spiro atoms. The van der Waals surface area contributed by atoms with Crippen LogP contribution in [0.25, 0.3) is 11.5 Å². The number of nitrogens with zero attached hydrogens (tertiary/aromatic N) is 6. The Morgan fingerprint density at radius 2 is 2.31 bits per heavy atom. The molecule has 1 amide bonds. The number of aliphatic hydroxyl groups excluding tert-OH is 1. The molecule has 0 radical (unpaired) electrons. The van der Waals surface area contributed by atoms with E-state index in [4.69, 9.17) is 9.84 Å². The van der Waals surface area contributed by atoms with Crippen molar-refractivity contribution in [1.29, 1.82) is 0 Å². The number of benzene rings is 1. The van der Waals surface area contributed by atoms with Crippen LogP contribution in [0.4, 0.5) is 14.9 Å². The Kier molecular flexibility index (Phi) is 4.84. The Labute approximate surface area is 169 Å². The van der Waals surface area contributed by atoms with E-state index in [1.54, 1.807) is 31.5 Å². The molecule has 3 aromatic rings. The second-order valence-corrected chi connectivity index (χ2v) is 6.69. The van der Waals surface area contributed by atoms with E-state index in [0.29, 0.717) is 17.2 Å². The highest BCUT2D eigenvalue weighted by Gasteiger charge is 2.32. The highest BCUT2D eigenvalue weighted by Crippen LogP contribution is 2.26. The van der Waals surface area contributed by atoms with Gasteiger partial charge in [-0.2, -0.15) is 5.10 Å². The molecular formula is C17H16FN7O3S. The summed E-state index contributed by atoms with van der Waals surface area (Å²) in [5.74, 6) is -0.0906. The zero-order chi connectivity index (χ0) is 20.5. The Hall–Kier alpha value is -3.54. The molecule has 2 aromatic heterocycles. The molecule has 1 aromatic carbocycles. The lowest BCUT2D eigenvalue weighted by atomic mass is 10.2. The van der Waals surface area contributed by atoms with Gasteiger partial charge in [0.1, 0.15) is 11.8 Å². The molecule has 1 saturated heterocycles. The normalized spacial score (nSPS) is 16.1. The van der Waals surface area contributed by atoms with Crippen molar-refractivity contribution in [3.8, 4) is 11.5 Å². The molecule has 10 nitrogen and oxygen atoms in total. The summed E-state index contributed by atoms with van der Waals surface area (Å²) in [6.07, 6.45) is 2.20. The van der Waals surface area contributed by atoms with Gasteiger partial charge in [-0.3, -0.25) is 4.90 Å². The molecule has 29 heavy (non-hydrogen) atoms. The van der Waals surface area contributed by atoms with Gasteiger partial charge in [-0.05, 0) is 43.4 Å². The first-order valence-electron chi connectivity index (χ1n) is 8.61. The zero-order valence-electron chi connectivity index (χ0n) is 15.2. The number of aromatic nitrogens is 5. The standard InChI is InChI=1S/C17H16FN7O3S/c1-10-15(24-6-2-5-20-24)21-22-25(10)14-4-3-11(7-13(14)18)23-9-12(28-17(23)27)8-19-16(26)29/h2-7,12H,8-9H2,1H3,(H2,19,26,29). The zero-order valence-corrected chi connectivity index (χ0v) is 16.0. The Morgan fingerprint density at radius 1 is 1.48 bits per heavy atom. The number of rotatable bonds is 5. The van der Waals surface area contributed by atoms with Crippen LogP contribution in [0.3, 0.4) is 0 Å². The van der Waals surface area contributed by atoms with Crippen LogP contribution in [0.1, 0.15) is 5.69 Å². The van der Waals surface area contributed by atoms with Gasteiger partial charge in [0.25, 0.3) is 5.17 Å². The number of thiocarbonyl (C=S) groups is 1. The summed E-state index contributed by atoms with van der Waals surface area (Å²) < 4.78 is 22.9. The lowest BCUT2D eigenvalue weighted by Crippen LogP contribution is -2.33. The molecular weight excluding hydrogens is 401 g/mol. The van der Waals surface area contributed by atoms with E-state index in [9.17, 15) is 9.18 Å². The average molecular weight is 417 g/mol. The van der Waals surface area contributed by atoms with Crippen LogP contribution in [0.15, 0.2) is 36.7 Å². The maximum atomic E-state index is 14.8. The lowest BCUT2D eigenvalue weighted by Gasteiger charge is -2.14. The van der Waals surface area contributed by atoms with Crippen LogP contribution in [-0.4, -0.2) is 60.3 Å². The fraction of sp³-hybridized carbons (Fsp3) is 0.235. The third-order valence-electron chi connectivity index (χ3n) is 4.42. The first kappa shape index (κ1) is 18.8. The van der Waals surface area contributed by atoms with E-state index in [-0.39, 0.29) is 24.0 Å². The third-order valence-corrected chi connectivity index (χ3v) is 4.56. The SMILES string of the molecule is Cc1c(-n2cccn2)nnn1-c1ccc(N2CC(CNC(O)=S)OC2=O)cc1F. The fourth-order valence-corrected chi connectivity index (χ4v) is 3.11. The molecule has 150 valence electrons. The van der Waals surface area contributed by atoms with Gasteiger partial charge in [0, 0.05) is 12.4 Å². The summed E-state index contributed by atoms with van der Waals surface area (Å²) in [5.41, 5.74) is 1.14. The first-order chi connectivity index (χ1) is 13.9. The van der Waals surface area contributed by atoms with E-state index < -0.39 is 18.0 Å². The van der Waals surface area contributed by atoms with Gasteiger partial charge in [0.05, 0.1) is 24.5 Å². The van der Waals surface area contributed by atoms with Crippen molar-refractivity contribution in [2.24, 2.45) is 0 Å². The topological polar surface area (TPSA) is 110 Å². The minimum Gasteiger partial charge on any atom is -0.487 e. The van der Waals surface area contributed by atoms with Gasteiger partial charge in [-0.15, -0.1) is 5.10 Å². The fourth-order valence-electron chi connectivity index (χ4n) is 3.03. The third kappa shape index (κ3) is 3.61. The quantitative estimate of drug-likeness (QED) is 0.603. The van der Waals surface area contributed by atoms with Gasteiger partial charge in [-0.25, -0.2) is 18.5 Å². The van der Waals surface area contributed by atoms with Crippen molar-refractivity contribution in [2.45, 2.75) is 13.0 Å². The first-order valence-corrected chi connectivity index (χ1v) is 9.02. The number of hydrogen-bond acceptors (Lipinski definition) is 6. The summed E-state index contributed by atoms with van der Waals surface area (Å²) in [6.45, 7) is 2.11. The van der Waals surface area contributed by atoms with Crippen LogP contribution >= 0.6 is 12.2 Å². The largest absolute Gasteiger partial charge is 0.487 e. The number of hydrogen-bond donors (Lipinski definition) is 2. The molecule has 12 heteroatoms. The van der Waals surface area contributed by atoms with Crippen molar-refractivity contribution in [1.82, 2.24) is 30.1 Å². The van der Waals surface area contributed by atoms with Gasteiger partial charge in [-0.1, -0.05) is 5.21 Å². The van der Waals surface area contributed by atoms with Crippen molar-refractivity contribution in [2.75, 3.05) is 18.0 Å². The second-order valence-electron chi connectivity index (χ2n) is 6.30. The van der Waals surface area contributed by atoms with E-state index in [2.05, 4.69) is 32.9 Å². The predicted octanol–water partition coefficient (Wildman–Crippen LogP) is 1.66. The molecule has 1 fully saturated rings. The van der Waals surface area contributed by atoms with Crippen molar-refractivity contribution in [3.05, 3.63) is 48.2 Å². The maximum absolute atomic E-state index is 14.8. The van der Waals surface area contributed by atoms with Crippen molar-refractivity contribution >= 4 is 29.2 Å².